The minimum absolute atomic E-state index is 0.0818. The Hall–Kier alpha value is -8.20. The third-order valence-electron chi connectivity index (χ3n) is 14.1. The minimum Gasteiger partial charge on any atom is -0.402 e. The van der Waals surface area contributed by atoms with Crippen molar-refractivity contribution in [3.05, 3.63) is 149 Å². The van der Waals surface area contributed by atoms with E-state index < -0.39 is 35.8 Å². The van der Waals surface area contributed by atoms with Crippen molar-refractivity contribution in [2.45, 2.75) is 65.2 Å². The average molecular weight is 1170 g/mol. The number of thiophene rings is 2. The zero-order valence-corrected chi connectivity index (χ0v) is 45.9. The number of halogens is 6. The SMILES string of the molecule is Cc1sc2c(c1C)C(c1ccccc1)=N[C@@H](Nc1nnc(-c3ncc(C(F)(F)F)cc3N3CCOCC3)o1)C(=O)C2.Cc1sc2c(c1C)C(c1ccccc1)=N[C@H](Nc1nnc(-c3ncc(C(F)(F)F)cc3N3CCOCC3)o1)C(=O)C2. The van der Waals surface area contributed by atoms with E-state index in [0.717, 1.165) is 77.4 Å². The highest BCUT2D eigenvalue weighted by molar-refractivity contribution is 7.13. The number of hydrogen-bond donors (Lipinski definition) is 2. The lowest BCUT2D eigenvalue weighted by Gasteiger charge is -2.30. The van der Waals surface area contributed by atoms with Crippen LogP contribution in [-0.4, -0.2) is 118 Å². The maximum absolute atomic E-state index is 13.5. The lowest BCUT2D eigenvalue weighted by atomic mass is 9.98. The molecule has 0 aliphatic carbocycles. The van der Waals surface area contributed by atoms with Crippen molar-refractivity contribution in [2.75, 3.05) is 73.0 Å². The van der Waals surface area contributed by atoms with Gasteiger partial charge in [0.2, 0.25) is 0 Å². The third-order valence-corrected chi connectivity index (χ3v) is 16.6. The van der Waals surface area contributed by atoms with Crippen molar-refractivity contribution in [2.24, 2.45) is 9.98 Å². The highest BCUT2D eigenvalue weighted by Gasteiger charge is 2.37. The summed E-state index contributed by atoms with van der Waals surface area (Å²) in [7, 11) is 0. The van der Waals surface area contributed by atoms with Gasteiger partial charge in [0.15, 0.2) is 35.3 Å². The molecular formula is C56H50F6N12O6S2. The summed E-state index contributed by atoms with van der Waals surface area (Å²) >= 11 is 3.15. The van der Waals surface area contributed by atoms with Crippen molar-refractivity contribution in [1.29, 1.82) is 0 Å². The van der Waals surface area contributed by atoms with Crippen molar-refractivity contribution in [1.82, 2.24) is 30.4 Å². The topological polar surface area (TPSA) is 211 Å². The molecule has 18 nitrogen and oxygen atoms in total. The van der Waals surface area contributed by atoms with Crippen LogP contribution in [0, 0.1) is 27.7 Å². The van der Waals surface area contributed by atoms with Crippen LogP contribution in [0.1, 0.15) is 64.0 Å². The molecule has 12 rings (SSSR count). The maximum atomic E-state index is 13.5. The number of nitrogens with one attached hydrogen (secondary N) is 2. The summed E-state index contributed by atoms with van der Waals surface area (Å²) in [5.41, 5.74) is 6.02. The Morgan fingerprint density at radius 3 is 1.29 bits per heavy atom. The first kappa shape index (κ1) is 55.7. The Balaban J connectivity index is 0.000000172. The monoisotopic (exact) mass is 1160 g/mol. The summed E-state index contributed by atoms with van der Waals surface area (Å²) in [6.07, 6.45) is -9.34. The number of carbonyl (C=O) groups excluding carboxylic acids is 2. The number of hydrogen-bond acceptors (Lipinski definition) is 20. The molecule has 424 valence electrons. The standard InChI is InChI=1S/2C28H25F3N6O3S/c2*1-15-16(2)41-21-13-20(38)25(33-23(22(15)21)17-6-4-3-5-7-17)34-27-36-35-26(40-27)24-19(37-8-10-39-11-9-37)12-18(14-32-24)28(29,30)31/h2*3-7,12,14,25H,8-11,13H2,1-2H3,(H,34,36)/t2*25-/m10/s1. The quantitative estimate of drug-likeness (QED) is 0.122. The molecule has 6 aromatic heterocycles. The van der Waals surface area contributed by atoms with E-state index in [0.29, 0.717) is 64.0 Å². The molecule has 10 heterocycles. The summed E-state index contributed by atoms with van der Waals surface area (Å²) in [6.45, 7) is 11.1. The van der Waals surface area contributed by atoms with Gasteiger partial charge >= 0.3 is 24.4 Å². The van der Waals surface area contributed by atoms with E-state index in [1.807, 2.05) is 88.4 Å². The Morgan fingerprint density at radius 1 is 0.549 bits per heavy atom. The molecule has 2 atom stereocenters. The molecule has 4 aliphatic heterocycles. The van der Waals surface area contributed by atoms with Crippen LogP contribution in [0.5, 0.6) is 0 Å². The molecule has 2 N–H and O–H groups in total. The van der Waals surface area contributed by atoms with Gasteiger partial charge in [-0.15, -0.1) is 32.9 Å². The number of alkyl halides is 6. The number of carbonyl (C=O) groups is 2. The van der Waals surface area contributed by atoms with Crippen molar-refractivity contribution >= 4 is 69.1 Å². The van der Waals surface area contributed by atoms with Crippen LogP contribution >= 0.6 is 22.7 Å². The van der Waals surface area contributed by atoms with E-state index in [9.17, 15) is 35.9 Å². The summed E-state index contributed by atoms with van der Waals surface area (Å²) in [5, 5.41) is 22.0. The number of pyridine rings is 2. The Labute approximate surface area is 472 Å². The fourth-order valence-electron chi connectivity index (χ4n) is 9.78. The molecule has 0 amide bonds. The number of benzene rings is 2. The lowest BCUT2D eigenvalue weighted by molar-refractivity contribution is -0.138. The highest BCUT2D eigenvalue weighted by Crippen LogP contribution is 2.40. The predicted molar refractivity (Wildman–Crippen MR) is 295 cm³/mol. The zero-order valence-electron chi connectivity index (χ0n) is 44.3. The molecule has 2 saturated heterocycles. The largest absolute Gasteiger partial charge is 0.417 e. The van der Waals surface area contributed by atoms with E-state index in [2.05, 4.69) is 41.0 Å². The first-order valence-electron chi connectivity index (χ1n) is 25.9. The van der Waals surface area contributed by atoms with E-state index >= 15 is 0 Å². The van der Waals surface area contributed by atoms with Gasteiger partial charge in [-0.3, -0.25) is 19.6 Å². The van der Waals surface area contributed by atoms with Crippen LogP contribution in [0.3, 0.4) is 0 Å². The van der Waals surface area contributed by atoms with Gasteiger partial charge in [-0.1, -0.05) is 70.9 Å². The van der Waals surface area contributed by atoms with E-state index in [4.69, 9.17) is 28.3 Å². The second-order valence-corrected chi connectivity index (χ2v) is 22.1. The second kappa shape index (κ2) is 23.0. The van der Waals surface area contributed by atoms with Gasteiger partial charge in [0, 0.05) is 93.2 Å². The van der Waals surface area contributed by atoms with E-state index in [1.54, 1.807) is 32.5 Å². The van der Waals surface area contributed by atoms with Gasteiger partial charge in [0.05, 0.1) is 60.4 Å². The van der Waals surface area contributed by atoms with Gasteiger partial charge in [-0.05, 0) is 51.0 Å². The number of ether oxygens (including phenoxy) is 2. The van der Waals surface area contributed by atoms with Crippen molar-refractivity contribution < 1.29 is 54.2 Å². The van der Waals surface area contributed by atoms with Crippen LogP contribution in [-0.2, 0) is 44.3 Å². The van der Waals surface area contributed by atoms with Crippen LogP contribution in [0.25, 0.3) is 23.2 Å². The predicted octanol–water partition coefficient (Wildman–Crippen LogP) is 10.1. The average Bonchev–Trinajstić information content (AvgIpc) is 4.35. The number of nitrogens with zero attached hydrogens (tertiary/aromatic N) is 10. The number of ketones is 2. The van der Waals surface area contributed by atoms with E-state index in [-0.39, 0.29) is 71.0 Å². The van der Waals surface area contributed by atoms with Crippen LogP contribution < -0.4 is 20.4 Å². The number of aliphatic imine (C=N–C) groups is 2. The number of aryl methyl sites for hydroxylation is 2. The van der Waals surface area contributed by atoms with Gasteiger partial charge in [0.1, 0.15) is 0 Å². The number of Topliss-reactive ketones (excluding diaryl/α,β-unsaturated/α-hetero) is 2. The molecule has 4 aliphatic rings. The molecule has 2 fully saturated rings. The number of rotatable bonds is 10. The number of morpholine rings is 2. The normalized spacial score (nSPS) is 17.7. The second-order valence-electron chi connectivity index (χ2n) is 19.4. The molecule has 0 unspecified atom stereocenters. The molecule has 0 spiro atoms. The van der Waals surface area contributed by atoms with Gasteiger partial charge in [-0.2, -0.15) is 26.3 Å². The molecule has 0 saturated carbocycles. The Kier molecular flexibility index (Phi) is 15.6. The fourth-order valence-corrected chi connectivity index (χ4v) is 12.2. The highest BCUT2D eigenvalue weighted by atomic mass is 32.1. The minimum atomic E-state index is -4.57. The van der Waals surface area contributed by atoms with Crippen LogP contribution in [0.15, 0.2) is 104 Å². The summed E-state index contributed by atoms with van der Waals surface area (Å²) in [5.74, 6) is -0.525. The van der Waals surface area contributed by atoms with Crippen molar-refractivity contribution in [3.63, 3.8) is 0 Å². The smallest absolute Gasteiger partial charge is 0.402 e. The molecule has 0 radical (unpaired) electrons. The van der Waals surface area contributed by atoms with E-state index in [1.165, 1.54) is 0 Å². The van der Waals surface area contributed by atoms with Gasteiger partial charge < -0.3 is 38.7 Å². The first-order chi connectivity index (χ1) is 39.4. The third kappa shape index (κ3) is 11.6. The lowest BCUT2D eigenvalue weighted by Crippen LogP contribution is -2.36. The summed E-state index contributed by atoms with van der Waals surface area (Å²) < 4.78 is 103. The number of aromatic nitrogens is 6. The fraction of sp³-hybridized carbons (Fsp3) is 0.321. The van der Waals surface area contributed by atoms with Crippen LogP contribution in [0.4, 0.5) is 49.7 Å². The molecule has 82 heavy (non-hydrogen) atoms. The van der Waals surface area contributed by atoms with Crippen molar-refractivity contribution in [3.8, 4) is 23.2 Å². The molecular weight excluding hydrogens is 1110 g/mol. The van der Waals surface area contributed by atoms with Gasteiger partial charge in [-0.25, -0.2) is 9.97 Å². The first-order valence-corrected chi connectivity index (χ1v) is 27.5. The number of fused-ring (bicyclic) bond motifs is 2. The van der Waals surface area contributed by atoms with Gasteiger partial charge in [0.25, 0.3) is 11.8 Å². The molecule has 0 bridgehead atoms. The number of anilines is 4. The Morgan fingerprint density at radius 2 is 0.927 bits per heavy atom. The summed E-state index contributed by atoms with van der Waals surface area (Å²) in [4.78, 5) is 52.1. The molecule has 2 aromatic carbocycles. The summed E-state index contributed by atoms with van der Waals surface area (Å²) in [6, 6.07) is 21.1. The van der Waals surface area contributed by atoms with Crippen LogP contribution in [0.2, 0.25) is 0 Å². The molecule has 8 aromatic rings. The Bertz CT molecular complexity index is 3490. The zero-order chi connectivity index (χ0) is 57.5. The molecule has 26 heteroatoms. The maximum Gasteiger partial charge on any atom is 0.417 e.